The van der Waals surface area contributed by atoms with Gasteiger partial charge in [0.1, 0.15) is 6.26 Å². The third kappa shape index (κ3) is 1.61. The Labute approximate surface area is 89.1 Å². The Morgan fingerprint density at radius 2 is 2.43 bits per heavy atom. The highest BCUT2D eigenvalue weighted by atomic mass is 35.5. The summed E-state index contributed by atoms with van der Waals surface area (Å²) in [5.41, 5.74) is 0.813. The number of alkyl halides is 1. The van der Waals surface area contributed by atoms with Gasteiger partial charge in [0.25, 0.3) is 6.01 Å². The van der Waals surface area contributed by atoms with E-state index in [0.29, 0.717) is 17.8 Å². The summed E-state index contributed by atoms with van der Waals surface area (Å²) in [7, 11) is 0. The van der Waals surface area contributed by atoms with Gasteiger partial charge in [-0.2, -0.15) is 4.98 Å². The first-order valence-corrected chi connectivity index (χ1v) is 5.53. The van der Waals surface area contributed by atoms with E-state index in [4.69, 9.17) is 16.0 Å². The molecule has 1 saturated heterocycles. The van der Waals surface area contributed by atoms with Crippen LogP contribution < -0.4 is 4.90 Å². The summed E-state index contributed by atoms with van der Waals surface area (Å²) in [6, 6.07) is 1.23. The number of nitrogens with zero attached hydrogens (tertiary/aromatic N) is 2. The topological polar surface area (TPSA) is 29.3 Å². The monoisotopic (exact) mass is 214 g/mol. The Morgan fingerprint density at radius 1 is 1.64 bits per heavy atom. The minimum Gasteiger partial charge on any atom is -0.432 e. The summed E-state index contributed by atoms with van der Waals surface area (Å²) >= 11 is 5.67. The molecule has 0 aliphatic carbocycles. The molecule has 0 saturated carbocycles. The lowest BCUT2D eigenvalue weighted by Crippen LogP contribution is -2.29. The summed E-state index contributed by atoms with van der Waals surface area (Å²) in [6.07, 6.45) is 2.85. The summed E-state index contributed by atoms with van der Waals surface area (Å²) in [5.74, 6) is 1.13. The van der Waals surface area contributed by atoms with Crippen LogP contribution >= 0.6 is 11.6 Å². The molecule has 78 valence electrons. The fourth-order valence-electron chi connectivity index (χ4n) is 1.85. The zero-order chi connectivity index (χ0) is 10.1. The van der Waals surface area contributed by atoms with Crippen LogP contribution in [0.2, 0.25) is 0 Å². The molecule has 1 aromatic rings. The van der Waals surface area contributed by atoms with Gasteiger partial charge in [-0.05, 0) is 19.3 Å². The van der Waals surface area contributed by atoms with Crippen molar-refractivity contribution in [2.45, 2.75) is 32.2 Å². The molecule has 3 nitrogen and oxygen atoms in total. The Bertz CT molecular complexity index is 313. The van der Waals surface area contributed by atoms with Crippen molar-refractivity contribution in [3.05, 3.63) is 12.0 Å². The molecule has 0 amide bonds. The average molecular weight is 215 g/mol. The second-order valence-electron chi connectivity index (χ2n) is 3.96. The molecule has 2 atom stereocenters. The largest absolute Gasteiger partial charge is 0.432 e. The minimum absolute atomic E-state index is 0.418. The van der Waals surface area contributed by atoms with Gasteiger partial charge in [0.2, 0.25) is 0 Å². The molecular weight excluding hydrogens is 200 g/mol. The van der Waals surface area contributed by atoms with Crippen molar-refractivity contribution in [2.75, 3.05) is 11.4 Å². The van der Waals surface area contributed by atoms with Gasteiger partial charge in [-0.25, -0.2) is 0 Å². The highest BCUT2D eigenvalue weighted by Crippen LogP contribution is 2.28. The lowest BCUT2D eigenvalue weighted by atomic mass is 10.1. The third-order valence-corrected chi connectivity index (χ3v) is 3.34. The SMILES string of the molecule is CC1CCN(c2nc(CCl)co2)C1C. The van der Waals surface area contributed by atoms with Crippen LogP contribution in [0.3, 0.4) is 0 Å². The van der Waals surface area contributed by atoms with Crippen LogP contribution in [0.1, 0.15) is 26.0 Å². The van der Waals surface area contributed by atoms with E-state index in [1.807, 2.05) is 0 Å². The molecule has 0 bridgehead atoms. The predicted octanol–water partition coefficient (Wildman–Crippen LogP) is 2.65. The molecule has 0 aromatic carbocycles. The fraction of sp³-hybridized carbons (Fsp3) is 0.700. The van der Waals surface area contributed by atoms with Crippen LogP contribution in [0.5, 0.6) is 0 Å². The molecule has 4 heteroatoms. The highest BCUT2D eigenvalue weighted by Gasteiger charge is 2.30. The van der Waals surface area contributed by atoms with E-state index in [1.54, 1.807) is 6.26 Å². The standard InChI is InChI=1S/C10H15ClN2O/c1-7-3-4-13(8(7)2)10-12-9(5-11)6-14-10/h6-8H,3-5H2,1-2H3. The molecule has 0 N–H and O–H groups in total. The van der Waals surface area contributed by atoms with Gasteiger partial charge < -0.3 is 9.32 Å². The lowest BCUT2D eigenvalue weighted by molar-refractivity contribution is 0.497. The van der Waals surface area contributed by atoms with E-state index < -0.39 is 0 Å². The molecule has 0 spiro atoms. The van der Waals surface area contributed by atoms with Gasteiger partial charge in [0.05, 0.1) is 11.6 Å². The van der Waals surface area contributed by atoms with E-state index in [1.165, 1.54) is 6.42 Å². The van der Waals surface area contributed by atoms with E-state index >= 15 is 0 Å². The highest BCUT2D eigenvalue weighted by molar-refractivity contribution is 6.16. The van der Waals surface area contributed by atoms with Crippen LogP contribution in [-0.2, 0) is 5.88 Å². The molecule has 1 fully saturated rings. The molecule has 2 heterocycles. The second-order valence-corrected chi connectivity index (χ2v) is 4.22. The quantitative estimate of drug-likeness (QED) is 0.709. The summed E-state index contributed by atoms with van der Waals surface area (Å²) < 4.78 is 5.39. The maximum atomic E-state index is 5.67. The van der Waals surface area contributed by atoms with Gasteiger partial charge in [0, 0.05) is 12.6 Å². The molecule has 1 aliphatic heterocycles. The van der Waals surface area contributed by atoms with Crippen LogP contribution in [0.4, 0.5) is 6.01 Å². The molecule has 1 aliphatic rings. The normalized spacial score (nSPS) is 27.2. The summed E-state index contributed by atoms with van der Waals surface area (Å²) in [4.78, 5) is 6.53. The van der Waals surface area contributed by atoms with Crippen LogP contribution in [0.25, 0.3) is 0 Å². The number of oxazole rings is 1. The molecule has 1 aromatic heterocycles. The third-order valence-electron chi connectivity index (χ3n) is 3.06. The Kier molecular flexibility index (Phi) is 2.68. The summed E-state index contributed by atoms with van der Waals surface area (Å²) in [5, 5.41) is 0. The van der Waals surface area contributed by atoms with Gasteiger partial charge in [0.15, 0.2) is 0 Å². The van der Waals surface area contributed by atoms with Crippen molar-refractivity contribution in [2.24, 2.45) is 5.92 Å². The van der Waals surface area contributed by atoms with Crippen molar-refractivity contribution in [3.8, 4) is 0 Å². The average Bonchev–Trinajstić information content (AvgIpc) is 2.75. The Balaban J connectivity index is 2.15. The first-order chi connectivity index (χ1) is 6.72. The van der Waals surface area contributed by atoms with Gasteiger partial charge in [-0.15, -0.1) is 11.6 Å². The fourth-order valence-corrected chi connectivity index (χ4v) is 1.98. The van der Waals surface area contributed by atoms with Crippen molar-refractivity contribution in [3.63, 3.8) is 0 Å². The number of hydrogen-bond donors (Lipinski definition) is 0. The molecule has 2 unspecified atom stereocenters. The zero-order valence-corrected chi connectivity index (χ0v) is 9.29. The van der Waals surface area contributed by atoms with E-state index in [0.717, 1.165) is 18.3 Å². The molecule has 0 radical (unpaired) electrons. The van der Waals surface area contributed by atoms with Crippen LogP contribution in [0.15, 0.2) is 10.7 Å². The van der Waals surface area contributed by atoms with Crippen molar-refractivity contribution >= 4 is 17.6 Å². The second kappa shape index (κ2) is 3.81. The van der Waals surface area contributed by atoms with E-state index in [-0.39, 0.29) is 0 Å². The zero-order valence-electron chi connectivity index (χ0n) is 8.53. The minimum atomic E-state index is 0.418. The van der Waals surface area contributed by atoms with E-state index in [2.05, 4.69) is 23.7 Å². The van der Waals surface area contributed by atoms with Crippen molar-refractivity contribution in [1.29, 1.82) is 0 Å². The van der Waals surface area contributed by atoms with Gasteiger partial charge in [-0.1, -0.05) is 6.92 Å². The number of halogens is 1. The lowest BCUT2D eigenvalue weighted by Gasteiger charge is -2.20. The van der Waals surface area contributed by atoms with Crippen molar-refractivity contribution < 1.29 is 4.42 Å². The van der Waals surface area contributed by atoms with E-state index in [9.17, 15) is 0 Å². The number of anilines is 1. The smallest absolute Gasteiger partial charge is 0.297 e. The number of rotatable bonds is 2. The van der Waals surface area contributed by atoms with Crippen molar-refractivity contribution in [1.82, 2.24) is 4.98 Å². The maximum absolute atomic E-state index is 5.67. The Morgan fingerprint density at radius 3 is 2.93 bits per heavy atom. The maximum Gasteiger partial charge on any atom is 0.297 e. The molecular formula is C10H15ClN2O. The number of hydrogen-bond acceptors (Lipinski definition) is 3. The predicted molar refractivity (Wildman–Crippen MR) is 56.6 cm³/mol. The number of aromatic nitrogens is 1. The molecule has 2 rings (SSSR count). The molecule has 14 heavy (non-hydrogen) atoms. The van der Waals surface area contributed by atoms with Gasteiger partial charge >= 0.3 is 0 Å². The summed E-state index contributed by atoms with van der Waals surface area (Å²) in [6.45, 7) is 5.50. The van der Waals surface area contributed by atoms with Crippen LogP contribution in [0, 0.1) is 5.92 Å². The first kappa shape index (κ1) is 9.84. The Hall–Kier alpha value is -0.700. The van der Waals surface area contributed by atoms with Gasteiger partial charge in [-0.3, -0.25) is 0 Å². The van der Waals surface area contributed by atoms with Crippen LogP contribution in [-0.4, -0.2) is 17.6 Å². The first-order valence-electron chi connectivity index (χ1n) is 4.99.